The van der Waals surface area contributed by atoms with Gasteiger partial charge in [-0.25, -0.2) is 0 Å². The number of carbonyl (C=O) groups is 1. The van der Waals surface area contributed by atoms with Crippen molar-refractivity contribution in [2.24, 2.45) is 5.92 Å². The normalized spacial score (nSPS) is 12.3. The summed E-state index contributed by atoms with van der Waals surface area (Å²) in [4.78, 5) is 11.6. The monoisotopic (exact) mass is 354 g/mol. The summed E-state index contributed by atoms with van der Waals surface area (Å²) in [6.45, 7) is 7.36. The molecule has 2 nitrogen and oxygen atoms in total. The van der Waals surface area contributed by atoms with Crippen LogP contribution in [0.25, 0.3) is 0 Å². The number of rotatable bonds is 19. The molecule has 0 spiro atoms. The van der Waals surface area contributed by atoms with Gasteiger partial charge in [0.1, 0.15) is 0 Å². The smallest absolute Gasteiger partial charge is 0.305 e. The number of hydrogen-bond acceptors (Lipinski definition) is 2. The van der Waals surface area contributed by atoms with E-state index in [9.17, 15) is 4.79 Å². The molecule has 0 aromatic heterocycles. The fraction of sp³-hybridized carbons (Fsp3) is 0.957. The van der Waals surface area contributed by atoms with Crippen molar-refractivity contribution in [3.63, 3.8) is 0 Å². The third-order valence-electron chi connectivity index (χ3n) is 5.29. The molecule has 0 N–H and O–H groups in total. The standard InChI is InChI=1S/C23H46O2/c1-4-6-7-8-9-10-11-12-13-14-15-16-17-21-25-23(24)20-18-19-22(3)5-2/h22H,4-21H2,1-3H3. The van der Waals surface area contributed by atoms with Crippen LogP contribution in [0, 0.1) is 5.92 Å². The van der Waals surface area contributed by atoms with E-state index in [1.54, 1.807) is 0 Å². The number of carbonyl (C=O) groups excluding carboxylic acids is 1. The van der Waals surface area contributed by atoms with Gasteiger partial charge in [0.15, 0.2) is 0 Å². The average Bonchev–Trinajstić information content (AvgIpc) is 2.61. The Kier molecular flexibility index (Phi) is 19.4. The lowest BCUT2D eigenvalue weighted by atomic mass is 10.0. The lowest BCUT2D eigenvalue weighted by Crippen LogP contribution is -2.06. The summed E-state index contributed by atoms with van der Waals surface area (Å²) >= 11 is 0. The van der Waals surface area contributed by atoms with Gasteiger partial charge in [-0.05, 0) is 18.8 Å². The highest BCUT2D eigenvalue weighted by Gasteiger charge is 2.04. The second-order valence-corrected chi connectivity index (χ2v) is 7.87. The van der Waals surface area contributed by atoms with E-state index in [2.05, 4.69) is 20.8 Å². The van der Waals surface area contributed by atoms with Crippen molar-refractivity contribution in [3.8, 4) is 0 Å². The number of ether oxygens (including phenoxy) is 1. The zero-order valence-electron chi connectivity index (χ0n) is 17.6. The quantitative estimate of drug-likeness (QED) is 0.174. The molecule has 0 aliphatic carbocycles. The van der Waals surface area contributed by atoms with Crippen molar-refractivity contribution in [3.05, 3.63) is 0 Å². The molecule has 25 heavy (non-hydrogen) atoms. The van der Waals surface area contributed by atoms with Gasteiger partial charge in [-0.1, -0.05) is 111 Å². The molecule has 0 aromatic rings. The molecule has 0 heterocycles. The van der Waals surface area contributed by atoms with Crippen molar-refractivity contribution in [2.75, 3.05) is 6.61 Å². The lowest BCUT2D eigenvalue weighted by molar-refractivity contribution is -0.143. The van der Waals surface area contributed by atoms with Crippen LogP contribution >= 0.6 is 0 Å². The zero-order valence-corrected chi connectivity index (χ0v) is 17.6. The summed E-state index contributed by atoms with van der Waals surface area (Å²) in [5, 5.41) is 0. The van der Waals surface area contributed by atoms with Gasteiger partial charge < -0.3 is 4.74 Å². The highest BCUT2D eigenvalue weighted by atomic mass is 16.5. The van der Waals surface area contributed by atoms with E-state index in [0.717, 1.165) is 25.2 Å². The first-order valence-corrected chi connectivity index (χ1v) is 11.4. The van der Waals surface area contributed by atoms with Crippen molar-refractivity contribution < 1.29 is 9.53 Å². The number of unbranched alkanes of at least 4 members (excludes halogenated alkanes) is 12. The molecule has 0 saturated heterocycles. The van der Waals surface area contributed by atoms with Crippen molar-refractivity contribution in [2.45, 2.75) is 130 Å². The van der Waals surface area contributed by atoms with Crippen LogP contribution < -0.4 is 0 Å². The Morgan fingerprint density at radius 3 is 1.68 bits per heavy atom. The Balaban J connectivity index is 3.14. The second-order valence-electron chi connectivity index (χ2n) is 7.87. The van der Waals surface area contributed by atoms with Gasteiger partial charge >= 0.3 is 5.97 Å². The van der Waals surface area contributed by atoms with Crippen molar-refractivity contribution >= 4 is 5.97 Å². The second kappa shape index (κ2) is 19.8. The molecule has 0 amide bonds. The molecule has 150 valence electrons. The highest BCUT2D eigenvalue weighted by Crippen LogP contribution is 2.13. The molecular formula is C23H46O2. The Morgan fingerprint density at radius 2 is 1.20 bits per heavy atom. The Morgan fingerprint density at radius 1 is 0.720 bits per heavy atom. The van der Waals surface area contributed by atoms with E-state index in [1.807, 2.05) is 0 Å². The minimum Gasteiger partial charge on any atom is -0.466 e. The fourth-order valence-electron chi connectivity index (χ4n) is 3.18. The Bertz CT molecular complexity index is 275. The molecular weight excluding hydrogens is 308 g/mol. The number of esters is 1. The van der Waals surface area contributed by atoms with E-state index in [0.29, 0.717) is 13.0 Å². The SMILES string of the molecule is CCCCCCCCCCCCCCCOC(=O)CCCC(C)CC. The van der Waals surface area contributed by atoms with Gasteiger partial charge in [-0.2, -0.15) is 0 Å². The topological polar surface area (TPSA) is 26.3 Å². The third kappa shape index (κ3) is 19.6. The van der Waals surface area contributed by atoms with Crippen LogP contribution in [0.3, 0.4) is 0 Å². The summed E-state index contributed by atoms with van der Waals surface area (Å²) in [5.74, 6) is 0.732. The molecule has 2 heteroatoms. The first-order valence-electron chi connectivity index (χ1n) is 11.4. The van der Waals surface area contributed by atoms with Gasteiger partial charge in [0.05, 0.1) is 6.61 Å². The molecule has 0 aromatic carbocycles. The molecule has 0 radical (unpaired) electrons. The first kappa shape index (κ1) is 24.5. The summed E-state index contributed by atoms with van der Waals surface area (Å²) in [7, 11) is 0. The third-order valence-corrected chi connectivity index (χ3v) is 5.29. The van der Waals surface area contributed by atoms with Crippen LogP contribution in [0.1, 0.15) is 130 Å². The van der Waals surface area contributed by atoms with E-state index < -0.39 is 0 Å². The van der Waals surface area contributed by atoms with Crippen LogP contribution in [0.15, 0.2) is 0 Å². The van der Waals surface area contributed by atoms with E-state index in [4.69, 9.17) is 4.74 Å². The first-order chi connectivity index (χ1) is 12.2. The van der Waals surface area contributed by atoms with Crippen LogP contribution in [0.5, 0.6) is 0 Å². The van der Waals surface area contributed by atoms with Crippen LogP contribution in [-0.2, 0) is 9.53 Å². The van der Waals surface area contributed by atoms with Crippen LogP contribution in [0.2, 0.25) is 0 Å². The van der Waals surface area contributed by atoms with Gasteiger partial charge in [-0.3, -0.25) is 4.79 Å². The molecule has 0 aliphatic heterocycles. The molecule has 0 aliphatic rings. The van der Waals surface area contributed by atoms with Crippen LogP contribution in [0.4, 0.5) is 0 Å². The van der Waals surface area contributed by atoms with E-state index in [1.165, 1.54) is 83.5 Å². The minimum absolute atomic E-state index is 0.00207. The molecule has 1 unspecified atom stereocenters. The fourth-order valence-corrected chi connectivity index (χ4v) is 3.18. The molecule has 0 saturated carbocycles. The maximum absolute atomic E-state index is 11.6. The van der Waals surface area contributed by atoms with Gasteiger partial charge in [-0.15, -0.1) is 0 Å². The predicted octanol–water partition coefficient (Wildman–Crippen LogP) is 7.84. The number of hydrogen-bond donors (Lipinski definition) is 0. The van der Waals surface area contributed by atoms with Gasteiger partial charge in [0.2, 0.25) is 0 Å². The maximum atomic E-state index is 11.6. The largest absolute Gasteiger partial charge is 0.466 e. The maximum Gasteiger partial charge on any atom is 0.305 e. The highest BCUT2D eigenvalue weighted by molar-refractivity contribution is 5.69. The average molecular weight is 355 g/mol. The van der Waals surface area contributed by atoms with Crippen molar-refractivity contribution in [1.82, 2.24) is 0 Å². The van der Waals surface area contributed by atoms with Crippen molar-refractivity contribution in [1.29, 1.82) is 0 Å². The summed E-state index contributed by atoms with van der Waals surface area (Å²) in [5.41, 5.74) is 0. The van der Waals surface area contributed by atoms with E-state index in [-0.39, 0.29) is 5.97 Å². The molecule has 0 bridgehead atoms. The Hall–Kier alpha value is -0.530. The minimum atomic E-state index is 0.00207. The van der Waals surface area contributed by atoms with E-state index >= 15 is 0 Å². The summed E-state index contributed by atoms with van der Waals surface area (Å²) < 4.78 is 5.32. The summed E-state index contributed by atoms with van der Waals surface area (Å²) in [6, 6.07) is 0. The molecule has 0 fully saturated rings. The van der Waals surface area contributed by atoms with Crippen LogP contribution in [-0.4, -0.2) is 12.6 Å². The summed E-state index contributed by atoms with van der Waals surface area (Å²) in [6.07, 6.45) is 21.5. The lowest BCUT2D eigenvalue weighted by Gasteiger charge is -2.08. The molecule has 1 atom stereocenters. The van der Waals surface area contributed by atoms with Gasteiger partial charge in [0, 0.05) is 6.42 Å². The van der Waals surface area contributed by atoms with Gasteiger partial charge in [0.25, 0.3) is 0 Å². The predicted molar refractivity (Wildman–Crippen MR) is 110 cm³/mol. The molecule has 0 rings (SSSR count). The Labute approximate surface area is 158 Å². The zero-order chi connectivity index (χ0) is 18.6.